The molecule has 9 heteroatoms. The summed E-state index contributed by atoms with van der Waals surface area (Å²) in [7, 11) is 1.61. The fraction of sp³-hybridized carbons (Fsp3) is 0.233. The molecule has 0 radical (unpaired) electrons. The fourth-order valence-electron chi connectivity index (χ4n) is 4.96. The van der Waals surface area contributed by atoms with Gasteiger partial charge >= 0.3 is 6.18 Å². The number of ether oxygens (including phenoxy) is 1. The summed E-state index contributed by atoms with van der Waals surface area (Å²) in [5.74, 6) is 0.578. The lowest BCUT2D eigenvalue weighted by molar-refractivity contribution is -0.137. The molecule has 1 aliphatic rings. The Morgan fingerprint density at radius 3 is 2.21 bits per heavy atom. The number of hydrogen-bond acceptors (Lipinski definition) is 3. The third-order valence-corrected chi connectivity index (χ3v) is 7.29. The van der Waals surface area contributed by atoms with Crippen LogP contribution in [0.15, 0.2) is 78.9 Å². The summed E-state index contributed by atoms with van der Waals surface area (Å²) in [6, 6.07) is 22.3. The average molecular weight is 554 g/mol. The number of amides is 1. The summed E-state index contributed by atoms with van der Waals surface area (Å²) in [4.78, 5) is 17.4. The predicted octanol–water partition coefficient (Wildman–Crippen LogP) is 7.10. The second-order valence-corrected chi connectivity index (χ2v) is 9.84. The molecule has 1 saturated heterocycles. The van der Waals surface area contributed by atoms with Gasteiger partial charge in [-0.3, -0.25) is 4.79 Å². The Morgan fingerprint density at radius 1 is 0.872 bits per heavy atom. The Kier molecular flexibility index (Phi) is 7.32. The summed E-state index contributed by atoms with van der Waals surface area (Å²) in [5.41, 5.74) is 3.76. The van der Waals surface area contributed by atoms with Gasteiger partial charge in [-0.05, 0) is 61.0 Å². The van der Waals surface area contributed by atoms with Crippen LogP contribution in [0, 0.1) is 6.92 Å². The predicted molar refractivity (Wildman–Crippen MR) is 147 cm³/mol. The van der Waals surface area contributed by atoms with Gasteiger partial charge in [0.15, 0.2) is 0 Å². The van der Waals surface area contributed by atoms with Gasteiger partial charge in [0.05, 0.1) is 23.9 Å². The van der Waals surface area contributed by atoms with Crippen LogP contribution in [0.2, 0.25) is 5.02 Å². The normalized spacial score (nSPS) is 14.0. The van der Waals surface area contributed by atoms with Crippen LogP contribution >= 0.6 is 11.6 Å². The molecular weight excluding hydrogens is 527 g/mol. The minimum atomic E-state index is -4.40. The molecule has 1 aliphatic heterocycles. The zero-order valence-corrected chi connectivity index (χ0v) is 22.3. The van der Waals surface area contributed by atoms with E-state index in [9.17, 15) is 18.0 Å². The number of anilines is 1. The molecule has 202 valence electrons. The first-order chi connectivity index (χ1) is 18.7. The van der Waals surface area contributed by atoms with Crippen molar-refractivity contribution in [3.8, 4) is 22.7 Å². The number of halogens is 4. The number of rotatable bonds is 5. The summed E-state index contributed by atoms with van der Waals surface area (Å²) in [6.07, 6.45) is -4.40. The van der Waals surface area contributed by atoms with Crippen molar-refractivity contribution in [2.45, 2.75) is 13.1 Å². The molecule has 0 bridgehead atoms. The summed E-state index contributed by atoms with van der Waals surface area (Å²) >= 11 is 6.13. The highest BCUT2D eigenvalue weighted by molar-refractivity contribution is 6.30. The van der Waals surface area contributed by atoms with E-state index in [1.165, 1.54) is 6.07 Å². The number of aromatic nitrogens is 1. The number of methoxy groups -OCH3 is 1. The maximum atomic E-state index is 13.8. The lowest BCUT2D eigenvalue weighted by atomic mass is 10.1. The van der Waals surface area contributed by atoms with E-state index < -0.39 is 11.7 Å². The number of piperazine rings is 1. The topological polar surface area (TPSA) is 37.7 Å². The number of alkyl halides is 3. The highest BCUT2D eigenvalue weighted by Gasteiger charge is 2.32. The highest BCUT2D eigenvalue weighted by Crippen LogP contribution is 2.34. The van der Waals surface area contributed by atoms with Gasteiger partial charge in [0.1, 0.15) is 5.75 Å². The van der Waals surface area contributed by atoms with E-state index in [1.54, 1.807) is 18.1 Å². The van der Waals surface area contributed by atoms with Crippen LogP contribution in [0.5, 0.6) is 5.75 Å². The van der Waals surface area contributed by atoms with Gasteiger partial charge in [-0.1, -0.05) is 35.9 Å². The molecule has 1 aromatic heterocycles. The van der Waals surface area contributed by atoms with Crippen molar-refractivity contribution in [1.29, 1.82) is 0 Å². The first-order valence-corrected chi connectivity index (χ1v) is 12.9. The summed E-state index contributed by atoms with van der Waals surface area (Å²) in [5, 5.41) is 0.616. The molecule has 0 spiro atoms. The van der Waals surface area contributed by atoms with Crippen molar-refractivity contribution in [3.05, 3.63) is 101 Å². The zero-order chi connectivity index (χ0) is 27.7. The Labute approximate surface area is 230 Å². The number of carbonyl (C=O) groups excluding carboxylic acids is 1. The van der Waals surface area contributed by atoms with Crippen molar-refractivity contribution < 1.29 is 22.7 Å². The van der Waals surface area contributed by atoms with Crippen molar-refractivity contribution in [1.82, 2.24) is 9.47 Å². The van der Waals surface area contributed by atoms with E-state index in [-0.39, 0.29) is 5.91 Å². The smallest absolute Gasteiger partial charge is 0.416 e. The van der Waals surface area contributed by atoms with E-state index >= 15 is 0 Å². The van der Waals surface area contributed by atoms with Gasteiger partial charge in [0.25, 0.3) is 5.91 Å². The van der Waals surface area contributed by atoms with Crippen LogP contribution in [0.3, 0.4) is 0 Å². The van der Waals surface area contributed by atoms with Crippen molar-refractivity contribution in [2.24, 2.45) is 0 Å². The van der Waals surface area contributed by atoms with Crippen LogP contribution in [0.4, 0.5) is 18.9 Å². The zero-order valence-electron chi connectivity index (χ0n) is 21.5. The molecule has 0 unspecified atom stereocenters. The highest BCUT2D eigenvalue weighted by atomic mass is 35.5. The lowest BCUT2D eigenvalue weighted by Gasteiger charge is -2.36. The molecule has 1 amide bonds. The van der Waals surface area contributed by atoms with Crippen molar-refractivity contribution >= 4 is 23.2 Å². The summed E-state index contributed by atoms with van der Waals surface area (Å²) in [6.45, 7) is 3.58. The number of nitrogens with zero attached hydrogens (tertiary/aromatic N) is 3. The molecule has 0 saturated carbocycles. The van der Waals surface area contributed by atoms with Gasteiger partial charge in [-0.2, -0.15) is 13.2 Å². The summed E-state index contributed by atoms with van der Waals surface area (Å²) < 4.78 is 47.0. The molecule has 0 atom stereocenters. The minimum absolute atomic E-state index is 0.118. The molecule has 39 heavy (non-hydrogen) atoms. The van der Waals surface area contributed by atoms with Crippen LogP contribution in [-0.2, 0) is 6.18 Å². The molecule has 5 rings (SSSR count). The molecule has 5 nitrogen and oxygen atoms in total. The monoisotopic (exact) mass is 553 g/mol. The van der Waals surface area contributed by atoms with E-state index in [2.05, 4.69) is 0 Å². The molecule has 4 aromatic rings. The Morgan fingerprint density at radius 2 is 1.54 bits per heavy atom. The Bertz CT molecular complexity index is 1490. The second kappa shape index (κ2) is 10.7. The number of benzene rings is 3. The lowest BCUT2D eigenvalue weighted by Crippen LogP contribution is -2.49. The molecule has 0 N–H and O–H groups in total. The van der Waals surface area contributed by atoms with Crippen LogP contribution in [0.1, 0.15) is 21.6 Å². The average Bonchev–Trinajstić information content (AvgIpc) is 3.29. The Balaban J connectivity index is 1.43. The molecule has 3 aromatic carbocycles. The molecule has 0 aliphatic carbocycles. The Hall–Kier alpha value is -3.91. The van der Waals surface area contributed by atoms with Crippen molar-refractivity contribution in [2.75, 3.05) is 38.2 Å². The number of carbonyl (C=O) groups is 1. The van der Waals surface area contributed by atoms with Gasteiger partial charge in [0.2, 0.25) is 0 Å². The third kappa shape index (κ3) is 5.47. The fourth-order valence-corrected chi connectivity index (χ4v) is 5.08. The number of hydrogen-bond donors (Lipinski definition) is 0. The molecule has 2 heterocycles. The molecular formula is C30H27ClF3N3O2. The van der Waals surface area contributed by atoms with Gasteiger partial charge in [-0.15, -0.1) is 0 Å². The van der Waals surface area contributed by atoms with E-state index in [1.807, 2.05) is 71.0 Å². The van der Waals surface area contributed by atoms with E-state index in [0.29, 0.717) is 48.2 Å². The van der Waals surface area contributed by atoms with E-state index in [4.69, 9.17) is 16.3 Å². The standard InChI is InChI=1S/C30H27ClF3N3O2/c1-20-27(29(38)36-15-13-35(14-16-36)24-6-3-5-22(17-24)30(32,33)34)19-28(21-9-11-23(31)12-10-21)37(20)25-7-4-8-26(18-25)39-2/h3-12,17-19H,13-16H2,1-2H3. The van der Waals surface area contributed by atoms with Gasteiger partial charge in [-0.25, -0.2) is 0 Å². The third-order valence-electron chi connectivity index (χ3n) is 7.03. The first-order valence-electron chi connectivity index (χ1n) is 12.5. The van der Waals surface area contributed by atoms with Crippen LogP contribution < -0.4 is 9.64 Å². The first kappa shape index (κ1) is 26.7. The molecule has 1 fully saturated rings. The van der Waals surface area contributed by atoms with E-state index in [0.717, 1.165) is 34.8 Å². The van der Waals surface area contributed by atoms with Crippen LogP contribution in [-0.4, -0.2) is 48.7 Å². The minimum Gasteiger partial charge on any atom is -0.497 e. The van der Waals surface area contributed by atoms with Gasteiger partial charge < -0.3 is 19.1 Å². The quantitative estimate of drug-likeness (QED) is 0.265. The SMILES string of the molecule is COc1cccc(-n2c(-c3ccc(Cl)cc3)cc(C(=O)N3CCN(c4cccc(C(F)(F)F)c4)CC3)c2C)c1. The maximum absolute atomic E-state index is 13.8. The van der Waals surface area contributed by atoms with Gasteiger partial charge in [0, 0.05) is 54.3 Å². The second-order valence-electron chi connectivity index (χ2n) is 9.40. The van der Waals surface area contributed by atoms with Crippen molar-refractivity contribution in [3.63, 3.8) is 0 Å². The maximum Gasteiger partial charge on any atom is 0.416 e. The largest absolute Gasteiger partial charge is 0.497 e. The van der Waals surface area contributed by atoms with Crippen LogP contribution in [0.25, 0.3) is 16.9 Å².